The van der Waals surface area contributed by atoms with Crippen molar-refractivity contribution in [3.05, 3.63) is 211 Å². The predicted octanol–water partition coefficient (Wildman–Crippen LogP) is 14.9. The Morgan fingerprint density at radius 3 is 1.25 bits per heavy atom. The van der Waals surface area contributed by atoms with Crippen molar-refractivity contribution < 1.29 is 4.42 Å². The molecule has 0 radical (unpaired) electrons. The van der Waals surface area contributed by atoms with Crippen LogP contribution < -0.4 is 4.90 Å². The number of rotatable bonds is 7. The molecule has 10 rings (SSSR count). The quantitative estimate of drug-likeness (QED) is 0.164. The zero-order chi connectivity index (χ0) is 36.9. The summed E-state index contributed by atoms with van der Waals surface area (Å²) in [7, 11) is 0. The van der Waals surface area contributed by atoms with Crippen molar-refractivity contribution in [3.63, 3.8) is 0 Å². The van der Waals surface area contributed by atoms with Gasteiger partial charge in [-0.1, -0.05) is 172 Å². The van der Waals surface area contributed by atoms with Crippen molar-refractivity contribution in [2.24, 2.45) is 0 Å². The van der Waals surface area contributed by atoms with Gasteiger partial charge in [0.05, 0.1) is 0 Å². The van der Waals surface area contributed by atoms with Crippen LogP contribution >= 0.6 is 0 Å². The summed E-state index contributed by atoms with van der Waals surface area (Å²) < 4.78 is 6.47. The summed E-state index contributed by atoms with van der Waals surface area (Å²) in [5.41, 5.74) is 17.6. The summed E-state index contributed by atoms with van der Waals surface area (Å²) in [5.74, 6) is 1.01. The van der Waals surface area contributed by atoms with Crippen molar-refractivity contribution in [2.75, 3.05) is 4.90 Å². The van der Waals surface area contributed by atoms with Gasteiger partial charge in [-0.25, -0.2) is 0 Å². The minimum atomic E-state index is -0.183. The van der Waals surface area contributed by atoms with Crippen LogP contribution in [0.3, 0.4) is 0 Å². The van der Waals surface area contributed by atoms with E-state index in [0.29, 0.717) is 0 Å². The van der Waals surface area contributed by atoms with Gasteiger partial charge in [-0.2, -0.15) is 0 Å². The molecule has 2 heteroatoms. The first-order valence-electron chi connectivity index (χ1n) is 19.0. The lowest BCUT2D eigenvalue weighted by atomic mass is 9.78. The second kappa shape index (κ2) is 13.2. The Morgan fingerprint density at radius 1 is 0.345 bits per heavy atom. The van der Waals surface area contributed by atoms with Gasteiger partial charge in [-0.15, -0.1) is 0 Å². The van der Waals surface area contributed by atoms with E-state index in [0.717, 1.165) is 28.4 Å². The van der Waals surface area contributed by atoms with E-state index in [-0.39, 0.29) is 5.41 Å². The highest BCUT2D eigenvalue weighted by molar-refractivity contribution is 5.97. The normalized spacial score (nSPS) is 12.7. The van der Waals surface area contributed by atoms with Crippen LogP contribution in [0.5, 0.6) is 0 Å². The number of fused-ring (bicyclic) bond motifs is 5. The lowest BCUT2D eigenvalue weighted by Gasteiger charge is -2.26. The van der Waals surface area contributed by atoms with Gasteiger partial charge in [-0.3, -0.25) is 0 Å². The smallest absolute Gasteiger partial charge is 0.139 e. The fraction of sp³-hybridized carbons (Fsp3) is 0.0566. The standard InChI is InChI=1S/C53H39NO/c1-53(2)50-46(17-11-18-48(50)52-51(53)47-16-9-10-19-49(47)55-52)42-22-20-38(21-23-42)41-28-34-45(35-29-41)54(43-30-24-39(25-31-43)36-12-5-3-6-13-36)44-32-26-40(27-33-44)37-14-7-4-8-15-37/h3-35H,1-2H3. The van der Waals surface area contributed by atoms with Crippen LogP contribution in [-0.4, -0.2) is 0 Å². The summed E-state index contributed by atoms with van der Waals surface area (Å²) in [6.45, 7) is 4.66. The van der Waals surface area contributed by atoms with Crippen LogP contribution in [0, 0.1) is 0 Å². The van der Waals surface area contributed by atoms with Gasteiger partial charge in [-0.05, 0) is 92.5 Å². The molecule has 2 nitrogen and oxygen atoms in total. The highest BCUT2D eigenvalue weighted by Gasteiger charge is 2.41. The van der Waals surface area contributed by atoms with Crippen LogP contribution in [0.2, 0.25) is 0 Å². The Labute approximate surface area is 322 Å². The summed E-state index contributed by atoms with van der Waals surface area (Å²) in [6.07, 6.45) is 0. The van der Waals surface area contributed by atoms with Crippen molar-refractivity contribution in [2.45, 2.75) is 19.3 Å². The first-order valence-corrected chi connectivity index (χ1v) is 19.0. The van der Waals surface area contributed by atoms with E-state index in [1.165, 1.54) is 66.6 Å². The van der Waals surface area contributed by atoms with Crippen LogP contribution in [0.1, 0.15) is 25.0 Å². The first-order chi connectivity index (χ1) is 27.0. The average Bonchev–Trinajstić information content (AvgIpc) is 3.75. The molecule has 1 heterocycles. The van der Waals surface area contributed by atoms with E-state index in [9.17, 15) is 0 Å². The Morgan fingerprint density at radius 2 is 0.745 bits per heavy atom. The zero-order valence-electron chi connectivity index (χ0n) is 30.9. The van der Waals surface area contributed by atoms with Crippen molar-refractivity contribution in [1.29, 1.82) is 0 Å². The first kappa shape index (κ1) is 32.7. The molecule has 262 valence electrons. The molecule has 0 saturated carbocycles. The maximum atomic E-state index is 6.47. The molecule has 0 aliphatic heterocycles. The Kier molecular flexibility index (Phi) is 7.85. The topological polar surface area (TPSA) is 16.4 Å². The minimum absolute atomic E-state index is 0.183. The van der Waals surface area contributed by atoms with E-state index < -0.39 is 0 Å². The Balaban J connectivity index is 0.969. The summed E-state index contributed by atoms with van der Waals surface area (Å²) in [6, 6.07) is 71.8. The molecule has 9 aromatic rings. The summed E-state index contributed by atoms with van der Waals surface area (Å²) in [5, 5.41) is 1.20. The van der Waals surface area contributed by atoms with Crippen molar-refractivity contribution >= 4 is 28.0 Å². The molecule has 0 unspecified atom stereocenters. The predicted molar refractivity (Wildman–Crippen MR) is 230 cm³/mol. The van der Waals surface area contributed by atoms with Gasteiger partial charge in [0.1, 0.15) is 11.3 Å². The molecule has 1 aromatic heterocycles. The Hall–Kier alpha value is -6.90. The molecule has 8 aromatic carbocycles. The average molecular weight is 706 g/mol. The molecular formula is C53H39NO. The molecule has 1 aliphatic rings. The highest BCUT2D eigenvalue weighted by Crippen LogP contribution is 2.55. The number of furan rings is 1. The van der Waals surface area contributed by atoms with Gasteiger partial charge in [0.2, 0.25) is 0 Å². The molecule has 55 heavy (non-hydrogen) atoms. The fourth-order valence-electron chi connectivity index (χ4n) is 8.60. The van der Waals surface area contributed by atoms with Gasteiger partial charge in [0, 0.05) is 39.0 Å². The van der Waals surface area contributed by atoms with Gasteiger partial charge in [0.25, 0.3) is 0 Å². The van der Waals surface area contributed by atoms with Crippen LogP contribution in [-0.2, 0) is 5.41 Å². The maximum absolute atomic E-state index is 6.47. The van der Waals surface area contributed by atoms with Crippen LogP contribution in [0.4, 0.5) is 17.1 Å². The fourth-order valence-corrected chi connectivity index (χ4v) is 8.60. The third-order valence-electron chi connectivity index (χ3n) is 11.3. The number of hydrogen-bond acceptors (Lipinski definition) is 2. The second-order valence-electron chi connectivity index (χ2n) is 14.9. The van der Waals surface area contributed by atoms with Crippen LogP contribution in [0.15, 0.2) is 205 Å². The lowest BCUT2D eigenvalue weighted by Crippen LogP contribution is -2.16. The molecule has 0 spiro atoms. The number of benzene rings is 8. The molecule has 0 N–H and O–H groups in total. The van der Waals surface area contributed by atoms with E-state index in [2.05, 4.69) is 213 Å². The minimum Gasteiger partial charge on any atom is -0.456 e. The SMILES string of the molecule is CC1(C)c2c(-c3ccc(-c4ccc(N(c5ccc(-c6ccccc6)cc5)c5ccc(-c6ccccc6)cc5)cc4)cc3)cccc2-c2oc3ccccc3c21. The molecule has 0 atom stereocenters. The zero-order valence-corrected chi connectivity index (χ0v) is 30.9. The van der Waals surface area contributed by atoms with E-state index in [1.54, 1.807) is 0 Å². The number of nitrogens with zero attached hydrogens (tertiary/aromatic N) is 1. The second-order valence-corrected chi connectivity index (χ2v) is 14.9. The summed E-state index contributed by atoms with van der Waals surface area (Å²) in [4.78, 5) is 2.33. The monoisotopic (exact) mass is 705 g/mol. The molecule has 0 saturated heterocycles. The highest BCUT2D eigenvalue weighted by atomic mass is 16.3. The van der Waals surface area contributed by atoms with Gasteiger partial charge < -0.3 is 9.32 Å². The van der Waals surface area contributed by atoms with Crippen molar-refractivity contribution in [1.82, 2.24) is 0 Å². The maximum Gasteiger partial charge on any atom is 0.139 e. The number of hydrogen-bond donors (Lipinski definition) is 0. The van der Waals surface area contributed by atoms with E-state index in [4.69, 9.17) is 4.42 Å². The molecular weight excluding hydrogens is 667 g/mol. The molecule has 0 amide bonds. The third-order valence-corrected chi connectivity index (χ3v) is 11.3. The van der Waals surface area contributed by atoms with Gasteiger partial charge in [0.15, 0.2) is 0 Å². The third kappa shape index (κ3) is 5.66. The largest absolute Gasteiger partial charge is 0.456 e. The Bertz CT molecular complexity index is 2690. The number of para-hydroxylation sites is 1. The van der Waals surface area contributed by atoms with Crippen LogP contribution in [0.25, 0.3) is 66.8 Å². The molecule has 1 aliphatic carbocycles. The van der Waals surface area contributed by atoms with E-state index >= 15 is 0 Å². The molecule has 0 fully saturated rings. The summed E-state index contributed by atoms with van der Waals surface area (Å²) >= 11 is 0. The number of anilines is 3. The van der Waals surface area contributed by atoms with E-state index in [1.807, 2.05) is 6.07 Å². The van der Waals surface area contributed by atoms with Crippen molar-refractivity contribution in [3.8, 4) is 55.8 Å². The van der Waals surface area contributed by atoms with Gasteiger partial charge >= 0.3 is 0 Å². The lowest BCUT2D eigenvalue weighted by molar-refractivity contribution is 0.619. The molecule has 0 bridgehead atoms.